The highest BCUT2D eigenvalue weighted by atomic mass is 32.2. The van der Waals surface area contributed by atoms with Crippen LogP contribution >= 0.6 is 7.14 Å². The number of hydrogen-bond donors (Lipinski definition) is 0. The summed E-state index contributed by atoms with van der Waals surface area (Å²) in [5, 5.41) is 1.92. The number of aryl methyl sites for hydroxylation is 1. The van der Waals surface area contributed by atoms with Gasteiger partial charge in [-0.1, -0.05) is 127 Å². The highest BCUT2D eigenvalue weighted by Gasteiger charge is 2.42. The topological polar surface area (TPSA) is 54.5 Å². The molecule has 0 radical (unpaired) electrons. The fraction of sp³-hybridized carbons (Fsp3) is 0.0588. The Labute approximate surface area is 235 Å². The molecular weight excluding hydrogens is 533 g/mol. The largest absolute Gasteiger partial charge is 0.309 e. The van der Waals surface area contributed by atoms with Gasteiger partial charge in [-0.05, 0) is 30.7 Å². The number of anilines is 1. The van der Waals surface area contributed by atoms with Crippen molar-refractivity contribution < 1.29 is 13.0 Å². The zero-order valence-corrected chi connectivity index (χ0v) is 23.7. The first kappa shape index (κ1) is 26.1. The van der Waals surface area contributed by atoms with Crippen LogP contribution in [0.25, 0.3) is 5.57 Å². The maximum absolute atomic E-state index is 15.7. The van der Waals surface area contributed by atoms with Gasteiger partial charge < -0.3 is 4.57 Å². The third-order valence-electron chi connectivity index (χ3n) is 7.32. The lowest BCUT2D eigenvalue weighted by Gasteiger charge is -2.37. The highest BCUT2D eigenvalue weighted by Crippen LogP contribution is 2.58. The number of benzene rings is 5. The van der Waals surface area contributed by atoms with Crippen molar-refractivity contribution in [1.29, 1.82) is 0 Å². The molecule has 40 heavy (non-hydrogen) atoms. The average Bonchev–Trinajstić information content (AvgIpc) is 3.01. The lowest BCUT2D eigenvalue weighted by molar-refractivity contribution is 0.588. The molecule has 0 spiro atoms. The quantitative estimate of drug-likeness (QED) is 0.210. The van der Waals surface area contributed by atoms with E-state index < -0.39 is 17.2 Å². The molecule has 0 amide bonds. The highest BCUT2D eigenvalue weighted by molar-refractivity contribution is 7.93. The smallest absolute Gasteiger partial charge is 0.264 e. The Morgan fingerprint density at radius 1 is 0.625 bits per heavy atom. The molecule has 0 N–H and O–H groups in total. The van der Waals surface area contributed by atoms with Crippen molar-refractivity contribution in [1.82, 2.24) is 0 Å². The van der Waals surface area contributed by atoms with E-state index in [0.29, 0.717) is 21.6 Å². The van der Waals surface area contributed by atoms with E-state index in [2.05, 4.69) is 0 Å². The summed E-state index contributed by atoms with van der Waals surface area (Å²) < 4.78 is 45.7. The second-order valence-corrected chi connectivity index (χ2v) is 14.5. The van der Waals surface area contributed by atoms with Crippen molar-refractivity contribution in [2.24, 2.45) is 0 Å². The van der Waals surface area contributed by atoms with Gasteiger partial charge in [-0.2, -0.15) is 0 Å². The van der Waals surface area contributed by atoms with Crippen molar-refractivity contribution >= 4 is 39.0 Å². The first-order chi connectivity index (χ1) is 19.4. The van der Waals surface area contributed by atoms with Gasteiger partial charge in [0.15, 0.2) is 7.14 Å². The molecule has 5 aromatic rings. The molecule has 4 nitrogen and oxygen atoms in total. The molecule has 0 fully saturated rings. The molecule has 198 valence electrons. The number of nitrogens with zero attached hydrogens (tertiary/aromatic N) is 1. The lowest BCUT2D eigenvalue weighted by Crippen LogP contribution is -2.37. The molecule has 0 unspecified atom stereocenters. The van der Waals surface area contributed by atoms with Gasteiger partial charge in [0.25, 0.3) is 10.0 Å². The van der Waals surface area contributed by atoms with Crippen molar-refractivity contribution in [2.45, 2.75) is 11.8 Å². The molecule has 0 aliphatic carbocycles. The van der Waals surface area contributed by atoms with Crippen LogP contribution in [0.2, 0.25) is 0 Å². The van der Waals surface area contributed by atoms with E-state index in [9.17, 15) is 8.42 Å². The summed E-state index contributed by atoms with van der Waals surface area (Å²) in [5.74, 6) is 0. The van der Waals surface area contributed by atoms with Gasteiger partial charge in [-0.25, -0.2) is 8.42 Å². The second-order valence-electron chi connectivity index (χ2n) is 9.81. The predicted octanol–water partition coefficient (Wildman–Crippen LogP) is 6.98. The predicted molar refractivity (Wildman–Crippen MR) is 164 cm³/mol. The van der Waals surface area contributed by atoms with E-state index in [0.717, 1.165) is 22.3 Å². The van der Waals surface area contributed by atoms with Gasteiger partial charge in [0.05, 0.1) is 17.1 Å². The van der Waals surface area contributed by atoms with Crippen LogP contribution in [0.1, 0.15) is 16.7 Å². The molecule has 1 heterocycles. The lowest BCUT2D eigenvalue weighted by atomic mass is 9.94. The van der Waals surface area contributed by atoms with E-state index in [4.69, 9.17) is 0 Å². The molecule has 1 aliphatic rings. The summed E-state index contributed by atoms with van der Waals surface area (Å²) in [6.45, 7) is 1.88. The van der Waals surface area contributed by atoms with Crippen LogP contribution in [0, 0.1) is 6.92 Å². The summed E-state index contributed by atoms with van der Waals surface area (Å²) >= 11 is 0. The molecule has 0 saturated heterocycles. The Balaban J connectivity index is 1.70. The number of hydrogen-bond acceptors (Lipinski definition) is 3. The van der Waals surface area contributed by atoms with Gasteiger partial charge >= 0.3 is 0 Å². The summed E-state index contributed by atoms with van der Waals surface area (Å²) in [6, 6.07) is 43.0. The summed E-state index contributed by atoms with van der Waals surface area (Å²) in [6.07, 6.45) is 0. The number of fused-ring (bicyclic) bond motifs is 1. The third-order valence-corrected chi connectivity index (χ3v) is 12.3. The second kappa shape index (κ2) is 10.4. The number of para-hydroxylation sites is 1. The zero-order chi connectivity index (χ0) is 27.7. The van der Waals surface area contributed by atoms with Gasteiger partial charge in [0.1, 0.15) is 0 Å². The van der Waals surface area contributed by atoms with Gasteiger partial charge in [-0.3, -0.25) is 4.31 Å². The molecule has 1 aliphatic heterocycles. The van der Waals surface area contributed by atoms with Crippen LogP contribution in [-0.2, 0) is 14.6 Å². The van der Waals surface area contributed by atoms with E-state index in [1.54, 1.807) is 24.3 Å². The molecular formula is C34H28NO3PS. The van der Waals surface area contributed by atoms with Crippen LogP contribution in [0.15, 0.2) is 150 Å². The average molecular weight is 562 g/mol. The molecule has 0 aromatic heterocycles. The van der Waals surface area contributed by atoms with Crippen LogP contribution in [0.4, 0.5) is 5.69 Å². The summed E-state index contributed by atoms with van der Waals surface area (Å²) in [7, 11) is -7.49. The van der Waals surface area contributed by atoms with E-state index in [-0.39, 0.29) is 11.4 Å². The minimum atomic E-state index is -3.98. The molecule has 0 saturated carbocycles. The standard InChI is InChI=1S/C34H28NO3PS/c1-26-21-23-30(24-22-26)40(37,38)35-25-33(34(27-13-5-2-6-14-27)31-19-11-12-20-32(31)35)39(36,28-15-7-3-8-16-28)29-17-9-4-10-18-29/h2-24H,25H2,1H3. The maximum Gasteiger partial charge on any atom is 0.264 e. The fourth-order valence-corrected chi connectivity index (χ4v) is 9.89. The molecule has 5 aromatic carbocycles. The zero-order valence-electron chi connectivity index (χ0n) is 22.0. The summed E-state index contributed by atoms with van der Waals surface area (Å²) in [5.41, 5.74) is 3.98. The third kappa shape index (κ3) is 4.42. The van der Waals surface area contributed by atoms with E-state index in [1.807, 2.05) is 122 Å². The van der Waals surface area contributed by atoms with Crippen LogP contribution in [0.5, 0.6) is 0 Å². The Morgan fingerprint density at radius 2 is 1.12 bits per heavy atom. The van der Waals surface area contributed by atoms with Crippen LogP contribution in [-0.4, -0.2) is 15.0 Å². The monoisotopic (exact) mass is 561 g/mol. The Hall–Kier alpha value is -4.18. The molecule has 6 rings (SSSR count). The normalized spacial score (nSPS) is 13.7. The SMILES string of the molecule is Cc1ccc(S(=O)(=O)N2CC(P(=O)(c3ccccc3)c3ccccc3)=C(c3ccccc3)c3ccccc32)cc1. The minimum Gasteiger partial charge on any atom is -0.309 e. The van der Waals surface area contributed by atoms with Crippen molar-refractivity contribution in [3.05, 3.63) is 162 Å². The van der Waals surface area contributed by atoms with Crippen molar-refractivity contribution in [2.75, 3.05) is 10.8 Å². The van der Waals surface area contributed by atoms with Gasteiger partial charge in [-0.15, -0.1) is 0 Å². The van der Waals surface area contributed by atoms with Crippen molar-refractivity contribution in [3.63, 3.8) is 0 Å². The van der Waals surface area contributed by atoms with Crippen LogP contribution < -0.4 is 14.9 Å². The van der Waals surface area contributed by atoms with Crippen LogP contribution in [0.3, 0.4) is 0 Å². The molecule has 0 bridgehead atoms. The molecule has 6 heteroatoms. The number of rotatable bonds is 6. The Bertz CT molecular complexity index is 1810. The Morgan fingerprint density at radius 3 is 1.70 bits per heavy atom. The Kier molecular flexibility index (Phi) is 6.79. The first-order valence-electron chi connectivity index (χ1n) is 13.1. The van der Waals surface area contributed by atoms with Crippen molar-refractivity contribution in [3.8, 4) is 0 Å². The summed E-state index contributed by atoms with van der Waals surface area (Å²) in [4.78, 5) is 0.199. The number of sulfonamides is 1. The fourth-order valence-electron chi connectivity index (χ4n) is 5.33. The van der Waals surface area contributed by atoms with Gasteiger partial charge in [0.2, 0.25) is 0 Å². The molecule has 0 atom stereocenters. The van der Waals surface area contributed by atoms with E-state index in [1.165, 1.54) is 4.31 Å². The van der Waals surface area contributed by atoms with E-state index >= 15 is 4.57 Å². The van der Waals surface area contributed by atoms with Gasteiger partial charge in [0, 0.05) is 27.1 Å². The maximum atomic E-state index is 15.7. The first-order valence-corrected chi connectivity index (χ1v) is 16.2. The minimum absolute atomic E-state index is 0.0431.